The Morgan fingerprint density at radius 2 is 1.56 bits per heavy atom. The first-order valence-corrected chi connectivity index (χ1v) is 7.92. The van der Waals surface area contributed by atoms with Crippen molar-refractivity contribution in [3.05, 3.63) is 64.7 Å². The average Bonchev–Trinajstić information content (AvgIpc) is 2.65. The number of hydrogen-bond acceptors (Lipinski definition) is 4. The van der Waals surface area contributed by atoms with Crippen molar-refractivity contribution in [2.45, 2.75) is 11.8 Å². The van der Waals surface area contributed by atoms with E-state index in [9.17, 15) is 27.9 Å². The maximum Gasteiger partial charge on any atom is 0.432 e. The lowest BCUT2D eigenvalue weighted by Gasteiger charge is -2.28. The fourth-order valence-corrected chi connectivity index (χ4v) is 2.50. The number of alkyl halides is 3. The molecule has 0 aliphatic heterocycles. The molecule has 0 unspecified atom stereocenters. The lowest BCUT2D eigenvalue weighted by atomic mass is 9.93. The standard InChI is InChI=1S/C18H15ClF3NO4/c1-23(15(24)11-3-7-13(19)8-4-11)14-9-5-12(6-10-14)17(26,16(25)27-2)18(20,21)22/h3-10,26H,1-2H3/t17-/m1/s1. The van der Waals surface area contributed by atoms with Crippen molar-refractivity contribution in [3.8, 4) is 0 Å². The third-order valence-electron chi connectivity index (χ3n) is 3.96. The van der Waals surface area contributed by atoms with Crippen molar-refractivity contribution in [1.29, 1.82) is 0 Å². The van der Waals surface area contributed by atoms with Crippen LogP contribution in [0.15, 0.2) is 48.5 Å². The highest BCUT2D eigenvalue weighted by molar-refractivity contribution is 6.30. The van der Waals surface area contributed by atoms with Gasteiger partial charge in [0, 0.05) is 28.9 Å². The van der Waals surface area contributed by atoms with Gasteiger partial charge >= 0.3 is 12.1 Å². The molecule has 1 atom stereocenters. The second kappa shape index (κ2) is 7.58. The van der Waals surface area contributed by atoms with Crippen LogP contribution in [0.2, 0.25) is 5.02 Å². The Balaban J connectivity index is 2.34. The second-order valence-electron chi connectivity index (χ2n) is 5.62. The van der Waals surface area contributed by atoms with Gasteiger partial charge in [-0.1, -0.05) is 23.7 Å². The molecule has 0 aliphatic rings. The lowest BCUT2D eigenvalue weighted by Crippen LogP contribution is -2.49. The summed E-state index contributed by atoms with van der Waals surface area (Å²) in [4.78, 5) is 25.2. The highest BCUT2D eigenvalue weighted by Crippen LogP contribution is 2.40. The largest absolute Gasteiger partial charge is 0.466 e. The van der Waals surface area contributed by atoms with Crippen LogP contribution in [0, 0.1) is 0 Å². The number of aliphatic hydroxyl groups is 1. The Bertz CT molecular complexity index is 837. The molecule has 2 aromatic carbocycles. The lowest BCUT2D eigenvalue weighted by molar-refractivity contribution is -0.266. The monoisotopic (exact) mass is 401 g/mol. The smallest absolute Gasteiger partial charge is 0.432 e. The van der Waals surface area contributed by atoms with Crippen molar-refractivity contribution in [2.75, 3.05) is 19.1 Å². The summed E-state index contributed by atoms with van der Waals surface area (Å²) in [6.45, 7) is 0. The van der Waals surface area contributed by atoms with Gasteiger partial charge in [-0.15, -0.1) is 0 Å². The van der Waals surface area contributed by atoms with Gasteiger partial charge < -0.3 is 14.7 Å². The van der Waals surface area contributed by atoms with Gasteiger partial charge in [0.2, 0.25) is 0 Å². The molecule has 2 aromatic rings. The number of hydrogen-bond donors (Lipinski definition) is 1. The first kappa shape index (κ1) is 20.7. The van der Waals surface area contributed by atoms with Crippen LogP contribution >= 0.6 is 11.6 Å². The summed E-state index contributed by atoms with van der Waals surface area (Å²) in [5.41, 5.74) is -3.95. The van der Waals surface area contributed by atoms with Crippen molar-refractivity contribution in [1.82, 2.24) is 0 Å². The topological polar surface area (TPSA) is 66.8 Å². The molecule has 1 N–H and O–H groups in total. The van der Waals surface area contributed by atoms with Crippen LogP contribution in [0.5, 0.6) is 0 Å². The normalized spacial score (nSPS) is 13.6. The summed E-state index contributed by atoms with van der Waals surface area (Å²) in [6, 6.07) is 10.3. The third-order valence-corrected chi connectivity index (χ3v) is 4.21. The van der Waals surface area contributed by atoms with Gasteiger partial charge in [-0.2, -0.15) is 13.2 Å². The number of carbonyl (C=O) groups excluding carboxylic acids is 2. The third kappa shape index (κ3) is 3.91. The summed E-state index contributed by atoms with van der Waals surface area (Å²) in [5.74, 6) is -2.27. The number of ether oxygens (including phenoxy) is 1. The number of halogens is 4. The number of amides is 1. The molecule has 0 aromatic heterocycles. The van der Waals surface area contributed by atoms with Crippen molar-refractivity contribution >= 4 is 29.2 Å². The Labute approximate surface area is 157 Å². The Morgan fingerprint density at radius 3 is 2.00 bits per heavy atom. The van der Waals surface area contributed by atoms with Gasteiger partial charge in [-0.3, -0.25) is 4.79 Å². The van der Waals surface area contributed by atoms with Gasteiger partial charge in [0.25, 0.3) is 11.5 Å². The van der Waals surface area contributed by atoms with Crippen LogP contribution in [0.4, 0.5) is 18.9 Å². The van der Waals surface area contributed by atoms with Gasteiger partial charge in [-0.25, -0.2) is 4.79 Å². The molecular formula is C18H15ClF3NO4. The second-order valence-corrected chi connectivity index (χ2v) is 6.05. The number of nitrogens with zero attached hydrogens (tertiary/aromatic N) is 1. The predicted octanol–water partition coefficient (Wildman–Crippen LogP) is 3.54. The van der Waals surface area contributed by atoms with Gasteiger partial charge in [-0.05, 0) is 36.4 Å². The van der Waals surface area contributed by atoms with Crippen LogP contribution in [0.3, 0.4) is 0 Å². The van der Waals surface area contributed by atoms with E-state index in [1.54, 1.807) is 0 Å². The predicted molar refractivity (Wildman–Crippen MR) is 92.6 cm³/mol. The number of carbonyl (C=O) groups is 2. The van der Waals surface area contributed by atoms with Gasteiger partial charge in [0.1, 0.15) is 0 Å². The van der Waals surface area contributed by atoms with Crippen LogP contribution in [0.25, 0.3) is 0 Å². The van der Waals surface area contributed by atoms with E-state index in [1.807, 2.05) is 0 Å². The molecule has 0 heterocycles. The minimum absolute atomic E-state index is 0.257. The Morgan fingerprint density at radius 1 is 1.04 bits per heavy atom. The number of anilines is 1. The molecular weight excluding hydrogens is 387 g/mol. The first-order valence-electron chi connectivity index (χ1n) is 7.54. The van der Waals surface area contributed by atoms with Gasteiger partial charge in [0.05, 0.1) is 7.11 Å². The zero-order valence-corrected chi connectivity index (χ0v) is 15.0. The molecule has 0 spiro atoms. The van der Waals surface area contributed by atoms with Gasteiger partial charge in [0.15, 0.2) is 0 Å². The fourth-order valence-electron chi connectivity index (χ4n) is 2.37. The maximum atomic E-state index is 13.2. The summed E-state index contributed by atoms with van der Waals surface area (Å²) in [5, 5.41) is 10.4. The minimum Gasteiger partial charge on any atom is -0.466 e. The molecule has 2 rings (SSSR count). The quantitative estimate of drug-likeness (QED) is 0.796. The highest BCUT2D eigenvalue weighted by Gasteiger charge is 2.62. The Hall–Kier alpha value is -2.58. The number of rotatable bonds is 4. The molecule has 0 bridgehead atoms. The molecule has 1 amide bonds. The fraction of sp³-hybridized carbons (Fsp3) is 0.222. The average molecular weight is 402 g/mol. The zero-order chi connectivity index (χ0) is 20.4. The van der Waals surface area contributed by atoms with E-state index in [1.165, 1.54) is 48.3 Å². The van der Waals surface area contributed by atoms with E-state index in [4.69, 9.17) is 11.6 Å². The number of esters is 1. The maximum absolute atomic E-state index is 13.2. The van der Waals surface area contributed by atoms with E-state index >= 15 is 0 Å². The van der Waals surface area contributed by atoms with Crippen molar-refractivity contribution in [2.24, 2.45) is 0 Å². The van der Waals surface area contributed by atoms with Crippen LogP contribution in [0.1, 0.15) is 15.9 Å². The molecule has 27 heavy (non-hydrogen) atoms. The molecule has 0 aliphatic carbocycles. The molecule has 0 saturated carbocycles. The van der Waals surface area contributed by atoms with Crippen LogP contribution in [-0.4, -0.2) is 37.3 Å². The molecule has 9 heteroatoms. The van der Waals surface area contributed by atoms with E-state index < -0.39 is 29.2 Å². The van der Waals surface area contributed by atoms with E-state index in [0.717, 1.165) is 19.2 Å². The summed E-state index contributed by atoms with van der Waals surface area (Å²) in [6.07, 6.45) is -5.29. The summed E-state index contributed by atoms with van der Waals surface area (Å²) in [7, 11) is 2.17. The van der Waals surface area contributed by atoms with Crippen molar-refractivity contribution in [3.63, 3.8) is 0 Å². The molecule has 0 fully saturated rings. The summed E-state index contributed by atoms with van der Waals surface area (Å²) < 4.78 is 43.8. The molecule has 5 nitrogen and oxygen atoms in total. The minimum atomic E-state index is -5.29. The van der Waals surface area contributed by atoms with Crippen LogP contribution < -0.4 is 4.90 Å². The molecule has 0 saturated heterocycles. The number of methoxy groups -OCH3 is 1. The van der Waals surface area contributed by atoms with Crippen molar-refractivity contribution < 1.29 is 32.6 Å². The highest BCUT2D eigenvalue weighted by atomic mass is 35.5. The molecule has 0 radical (unpaired) electrons. The van der Waals surface area contributed by atoms with E-state index in [-0.39, 0.29) is 5.69 Å². The summed E-state index contributed by atoms with van der Waals surface area (Å²) >= 11 is 5.77. The first-order chi connectivity index (χ1) is 12.5. The Kier molecular flexibility index (Phi) is 5.82. The van der Waals surface area contributed by atoms with E-state index in [2.05, 4.69) is 4.74 Å². The SMILES string of the molecule is COC(=O)[C@](O)(c1ccc(N(C)C(=O)c2ccc(Cl)cc2)cc1)C(F)(F)F. The van der Waals surface area contributed by atoms with E-state index in [0.29, 0.717) is 10.6 Å². The molecule has 144 valence electrons. The number of benzene rings is 2. The van der Waals surface area contributed by atoms with Crippen LogP contribution in [-0.2, 0) is 15.1 Å². The zero-order valence-electron chi connectivity index (χ0n) is 14.2.